The van der Waals surface area contributed by atoms with Crippen LogP contribution in [-0.4, -0.2) is 24.8 Å². The molecule has 0 atom stereocenters. The number of carbonyl (C=O) groups is 2. The zero-order valence-corrected chi connectivity index (χ0v) is 13.2. The lowest BCUT2D eigenvalue weighted by Gasteiger charge is -2.14. The lowest BCUT2D eigenvalue weighted by Crippen LogP contribution is -2.23. The van der Waals surface area contributed by atoms with Gasteiger partial charge in [0, 0.05) is 24.8 Å². The zero-order valence-electron chi connectivity index (χ0n) is 13.2. The van der Waals surface area contributed by atoms with Crippen molar-refractivity contribution in [2.45, 2.75) is 59.3 Å². The monoisotopic (exact) mass is 282 g/mol. The Morgan fingerprint density at radius 1 is 1.00 bits per heavy atom. The van der Waals surface area contributed by atoms with E-state index in [4.69, 9.17) is 5.73 Å². The fourth-order valence-corrected chi connectivity index (χ4v) is 1.61. The number of carbonyl (C=O) groups excluding carboxylic acids is 2. The molecule has 0 radical (unpaired) electrons. The van der Waals surface area contributed by atoms with Crippen LogP contribution < -0.4 is 11.1 Å². The van der Waals surface area contributed by atoms with Crippen molar-refractivity contribution in [2.24, 2.45) is 11.1 Å². The molecule has 0 saturated heterocycles. The molecular weight excluding hydrogens is 252 g/mol. The highest BCUT2D eigenvalue weighted by atomic mass is 16.1. The third kappa shape index (κ3) is 10.7. The number of nitrogens with two attached hydrogens (primary N) is 1. The molecule has 0 aliphatic heterocycles. The van der Waals surface area contributed by atoms with Crippen molar-refractivity contribution in [3.05, 3.63) is 12.2 Å². The van der Waals surface area contributed by atoms with Gasteiger partial charge in [0.1, 0.15) is 5.78 Å². The summed E-state index contributed by atoms with van der Waals surface area (Å²) in [6.45, 7) is 7.17. The highest BCUT2D eigenvalue weighted by Gasteiger charge is 2.18. The molecule has 1 amide bonds. The first-order valence-corrected chi connectivity index (χ1v) is 7.53. The van der Waals surface area contributed by atoms with Crippen LogP contribution in [0, 0.1) is 5.41 Å². The number of rotatable bonds is 10. The SMILES string of the molecule is CC(C)(C)C(=O)C/C=C/CC(=O)NCCCCCCN. The summed E-state index contributed by atoms with van der Waals surface area (Å²) in [6.07, 6.45) is 8.59. The first-order valence-electron chi connectivity index (χ1n) is 7.53. The number of nitrogens with one attached hydrogen (secondary N) is 1. The molecule has 0 unspecified atom stereocenters. The first kappa shape index (κ1) is 18.8. The van der Waals surface area contributed by atoms with Crippen LogP contribution in [0.2, 0.25) is 0 Å². The van der Waals surface area contributed by atoms with E-state index in [9.17, 15) is 9.59 Å². The van der Waals surface area contributed by atoms with Gasteiger partial charge in [0.15, 0.2) is 0 Å². The van der Waals surface area contributed by atoms with Crippen LogP contribution in [-0.2, 0) is 9.59 Å². The highest BCUT2D eigenvalue weighted by Crippen LogP contribution is 2.16. The Kier molecular flexibility index (Phi) is 9.99. The van der Waals surface area contributed by atoms with Gasteiger partial charge in [0.25, 0.3) is 0 Å². The molecule has 0 heterocycles. The summed E-state index contributed by atoms with van der Waals surface area (Å²) in [5.41, 5.74) is 5.10. The molecule has 0 aliphatic carbocycles. The van der Waals surface area contributed by atoms with Crippen LogP contribution in [0.4, 0.5) is 0 Å². The molecule has 116 valence electrons. The first-order chi connectivity index (χ1) is 9.38. The molecule has 0 fully saturated rings. The highest BCUT2D eigenvalue weighted by molar-refractivity contribution is 5.85. The standard InChI is InChI=1S/C16H30N2O2/c1-16(2,3)14(19)10-6-7-11-15(20)18-13-9-5-4-8-12-17/h6-7H,4-5,8-13,17H2,1-3H3,(H,18,20)/b7-6+. The maximum absolute atomic E-state index is 11.6. The third-order valence-electron chi connectivity index (χ3n) is 3.06. The van der Waals surface area contributed by atoms with Crippen LogP contribution >= 0.6 is 0 Å². The molecule has 0 bridgehead atoms. The minimum Gasteiger partial charge on any atom is -0.356 e. The largest absolute Gasteiger partial charge is 0.356 e. The van der Waals surface area contributed by atoms with Crippen molar-refractivity contribution in [1.29, 1.82) is 0 Å². The number of ketones is 1. The molecule has 20 heavy (non-hydrogen) atoms. The van der Waals surface area contributed by atoms with Gasteiger partial charge in [-0.2, -0.15) is 0 Å². The van der Waals surface area contributed by atoms with E-state index in [1.54, 1.807) is 12.2 Å². The second kappa shape index (κ2) is 10.6. The van der Waals surface area contributed by atoms with Crippen molar-refractivity contribution in [1.82, 2.24) is 5.32 Å². The van der Waals surface area contributed by atoms with Crippen molar-refractivity contribution < 1.29 is 9.59 Å². The predicted molar refractivity (Wildman–Crippen MR) is 83.4 cm³/mol. The average molecular weight is 282 g/mol. The Labute approximate surface area is 123 Å². The molecule has 0 aliphatic rings. The fraction of sp³-hybridized carbons (Fsp3) is 0.750. The molecule has 4 nitrogen and oxygen atoms in total. The van der Waals surface area contributed by atoms with E-state index in [0.717, 1.165) is 38.8 Å². The molecule has 4 heteroatoms. The molecule has 3 N–H and O–H groups in total. The number of Topliss-reactive ketones (excluding diaryl/α,β-unsaturated/α-hetero) is 1. The van der Waals surface area contributed by atoms with E-state index >= 15 is 0 Å². The molecule has 0 aromatic heterocycles. The summed E-state index contributed by atoms with van der Waals surface area (Å²) in [4.78, 5) is 23.2. The summed E-state index contributed by atoms with van der Waals surface area (Å²) < 4.78 is 0. The Morgan fingerprint density at radius 3 is 2.20 bits per heavy atom. The molecular formula is C16H30N2O2. The lowest BCUT2D eigenvalue weighted by molar-refractivity contribution is -0.125. The Balaban J connectivity index is 3.60. The maximum Gasteiger partial charge on any atom is 0.223 e. The van der Waals surface area contributed by atoms with Gasteiger partial charge in [-0.1, -0.05) is 45.8 Å². The van der Waals surface area contributed by atoms with E-state index in [1.165, 1.54) is 0 Å². The predicted octanol–water partition coefficient (Wildman–Crippen LogP) is 2.57. The number of allylic oxidation sites excluding steroid dienone is 1. The van der Waals surface area contributed by atoms with Gasteiger partial charge in [-0.05, 0) is 19.4 Å². The van der Waals surface area contributed by atoms with E-state index in [1.807, 2.05) is 20.8 Å². The normalized spacial score (nSPS) is 11.8. The zero-order chi connectivity index (χ0) is 15.4. The topological polar surface area (TPSA) is 72.2 Å². The second-order valence-corrected chi connectivity index (χ2v) is 6.11. The lowest BCUT2D eigenvalue weighted by atomic mass is 9.89. The minimum atomic E-state index is -0.309. The van der Waals surface area contributed by atoms with Crippen molar-refractivity contribution in [3.8, 4) is 0 Å². The molecule has 0 rings (SSSR count). The summed E-state index contributed by atoms with van der Waals surface area (Å²) in [5, 5.41) is 2.87. The molecule has 0 aromatic carbocycles. The van der Waals surface area contributed by atoms with Gasteiger partial charge in [-0.15, -0.1) is 0 Å². The number of unbranched alkanes of at least 4 members (excludes halogenated alkanes) is 3. The van der Waals surface area contributed by atoms with Gasteiger partial charge >= 0.3 is 0 Å². The van der Waals surface area contributed by atoms with Crippen LogP contribution in [0.3, 0.4) is 0 Å². The number of hydrogen-bond acceptors (Lipinski definition) is 3. The number of amides is 1. The third-order valence-corrected chi connectivity index (χ3v) is 3.06. The summed E-state index contributed by atoms with van der Waals surface area (Å²) >= 11 is 0. The van der Waals surface area contributed by atoms with Crippen LogP contribution in [0.25, 0.3) is 0 Å². The van der Waals surface area contributed by atoms with Gasteiger partial charge < -0.3 is 11.1 Å². The maximum atomic E-state index is 11.6. The van der Waals surface area contributed by atoms with Gasteiger partial charge in [-0.3, -0.25) is 9.59 Å². The van der Waals surface area contributed by atoms with Gasteiger partial charge in [0.2, 0.25) is 5.91 Å². The molecule has 0 spiro atoms. The van der Waals surface area contributed by atoms with Gasteiger partial charge in [0.05, 0.1) is 0 Å². The van der Waals surface area contributed by atoms with Crippen molar-refractivity contribution >= 4 is 11.7 Å². The van der Waals surface area contributed by atoms with E-state index in [-0.39, 0.29) is 17.1 Å². The Bertz CT molecular complexity index is 317. The number of hydrogen-bond donors (Lipinski definition) is 2. The minimum absolute atomic E-state index is 0.0169. The van der Waals surface area contributed by atoms with Gasteiger partial charge in [-0.25, -0.2) is 0 Å². The van der Waals surface area contributed by atoms with E-state index in [2.05, 4.69) is 5.32 Å². The fourth-order valence-electron chi connectivity index (χ4n) is 1.61. The molecule has 0 saturated carbocycles. The summed E-state index contributed by atoms with van der Waals surface area (Å²) in [6, 6.07) is 0. The Hall–Kier alpha value is -1.16. The summed E-state index contributed by atoms with van der Waals surface area (Å²) in [7, 11) is 0. The van der Waals surface area contributed by atoms with Crippen molar-refractivity contribution in [3.63, 3.8) is 0 Å². The van der Waals surface area contributed by atoms with E-state index in [0.29, 0.717) is 12.8 Å². The van der Waals surface area contributed by atoms with E-state index < -0.39 is 0 Å². The quantitative estimate of drug-likeness (QED) is 0.478. The molecule has 0 aromatic rings. The van der Waals surface area contributed by atoms with Crippen LogP contribution in [0.5, 0.6) is 0 Å². The average Bonchev–Trinajstić information content (AvgIpc) is 2.37. The van der Waals surface area contributed by atoms with Crippen LogP contribution in [0.15, 0.2) is 12.2 Å². The second-order valence-electron chi connectivity index (χ2n) is 6.11. The van der Waals surface area contributed by atoms with Crippen molar-refractivity contribution in [2.75, 3.05) is 13.1 Å². The summed E-state index contributed by atoms with van der Waals surface area (Å²) in [5.74, 6) is 0.206. The smallest absolute Gasteiger partial charge is 0.223 e. The van der Waals surface area contributed by atoms with Crippen LogP contribution in [0.1, 0.15) is 59.3 Å². The Morgan fingerprint density at radius 2 is 1.60 bits per heavy atom.